The van der Waals surface area contributed by atoms with E-state index < -0.39 is 0 Å². The first-order chi connectivity index (χ1) is 14.2. The fourth-order valence-corrected chi connectivity index (χ4v) is 4.35. The molecule has 0 radical (unpaired) electrons. The van der Waals surface area contributed by atoms with Gasteiger partial charge in [-0.2, -0.15) is 0 Å². The van der Waals surface area contributed by atoms with Crippen LogP contribution in [0.4, 0.5) is 17.2 Å². The van der Waals surface area contributed by atoms with Crippen LogP contribution in [0.1, 0.15) is 18.5 Å². The van der Waals surface area contributed by atoms with Gasteiger partial charge < -0.3 is 24.3 Å². The van der Waals surface area contributed by atoms with Crippen molar-refractivity contribution in [3.05, 3.63) is 48.5 Å². The lowest BCUT2D eigenvalue weighted by atomic mass is 10.1. The number of fused-ring (bicyclic) bond motifs is 1. The molecule has 2 saturated heterocycles. The van der Waals surface area contributed by atoms with E-state index in [4.69, 9.17) is 4.74 Å². The first-order valence-electron chi connectivity index (χ1n) is 10.5. The van der Waals surface area contributed by atoms with Crippen LogP contribution < -0.4 is 15.1 Å². The molecule has 0 aromatic carbocycles. The van der Waals surface area contributed by atoms with Gasteiger partial charge in [0.1, 0.15) is 11.5 Å². The normalized spacial score (nSPS) is 20.2. The summed E-state index contributed by atoms with van der Waals surface area (Å²) in [5.41, 5.74) is 4.52. The minimum Gasteiger partial charge on any atom is -0.378 e. The lowest BCUT2D eigenvalue weighted by Gasteiger charge is -2.35. The summed E-state index contributed by atoms with van der Waals surface area (Å²) in [5.74, 6) is 0.960. The maximum Gasteiger partial charge on any atom is 0.137 e. The fraction of sp³-hybridized carbons (Fsp3) is 0.455. The minimum absolute atomic E-state index is 0.386. The first-order valence-corrected chi connectivity index (χ1v) is 10.5. The van der Waals surface area contributed by atoms with E-state index in [0.29, 0.717) is 6.04 Å². The molecular weight excluding hydrogens is 364 g/mol. The number of hydrogen-bond donors (Lipinski definition) is 1. The summed E-state index contributed by atoms with van der Waals surface area (Å²) in [4.78, 5) is 13.9. The van der Waals surface area contributed by atoms with Crippen molar-refractivity contribution < 1.29 is 4.74 Å². The number of aromatic nitrogens is 3. The Labute approximate surface area is 171 Å². The van der Waals surface area contributed by atoms with Crippen LogP contribution in [0.5, 0.6) is 0 Å². The molecule has 5 rings (SSSR count). The van der Waals surface area contributed by atoms with E-state index >= 15 is 0 Å². The first kappa shape index (κ1) is 18.2. The molecule has 2 fully saturated rings. The van der Waals surface area contributed by atoms with Crippen molar-refractivity contribution >= 4 is 22.8 Å². The molecule has 3 aromatic heterocycles. The third-order valence-corrected chi connectivity index (χ3v) is 5.81. The zero-order chi connectivity index (χ0) is 19.6. The molecule has 0 unspecified atom stereocenters. The molecular formula is C22H28N6O. The molecule has 2 aliphatic heterocycles. The third-order valence-electron chi connectivity index (χ3n) is 5.81. The van der Waals surface area contributed by atoms with E-state index in [1.165, 1.54) is 17.8 Å². The van der Waals surface area contributed by atoms with E-state index in [1.54, 1.807) is 0 Å². The molecule has 0 spiro atoms. The molecule has 5 heterocycles. The van der Waals surface area contributed by atoms with E-state index in [1.807, 2.05) is 13.1 Å². The van der Waals surface area contributed by atoms with Crippen LogP contribution in [0.3, 0.4) is 0 Å². The Bertz CT molecular complexity index is 980. The quantitative estimate of drug-likeness (QED) is 0.737. The summed E-state index contributed by atoms with van der Waals surface area (Å²) in [6.07, 6.45) is 8.51. The van der Waals surface area contributed by atoms with Crippen molar-refractivity contribution in [2.75, 3.05) is 54.5 Å². The van der Waals surface area contributed by atoms with Crippen molar-refractivity contribution in [3.63, 3.8) is 0 Å². The fourth-order valence-electron chi connectivity index (χ4n) is 4.35. The van der Waals surface area contributed by atoms with Crippen molar-refractivity contribution in [1.82, 2.24) is 14.4 Å². The number of nitrogens with one attached hydrogen (secondary N) is 1. The average Bonchev–Trinajstić information content (AvgIpc) is 3.14. The van der Waals surface area contributed by atoms with E-state index in [9.17, 15) is 0 Å². The zero-order valence-electron chi connectivity index (χ0n) is 16.9. The number of rotatable bonds is 4. The number of piperidine rings is 1. The molecule has 3 aromatic rings. The van der Waals surface area contributed by atoms with Crippen LogP contribution in [-0.2, 0) is 4.74 Å². The zero-order valence-corrected chi connectivity index (χ0v) is 16.9. The van der Waals surface area contributed by atoms with Gasteiger partial charge in [-0.05, 0) is 38.0 Å². The highest BCUT2D eigenvalue weighted by Crippen LogP contribution is 2.24. The number of anilines is 3. The van der Waals surface area contributed by atoms with Crippen molar-refractivity contribution in [2.45, 2.75) is 25.8 Å². The maximum absolute atomic E-state index is 5.47. The van der Waals surface area contributed by atoms with Crippen LogP contribution in [-0.4, -0.2) is 59.8 Å². The highest BCUT2D eigenvalue weighted by molar-refractivity contribution is 5.56. The summed E-state index contributed by atoms with van der Waals surface area (Å²) >= 11 is 0. The number of nitrogens with zero attached hydrogens (tertiary/aromatic N) is 5. The number of imidazole rings is 1. The molecule has 0 bridgehead atoms. The molecule has 0 aliphatic carbocycles. The number of aryl methyl sites for hydroxylation is 1. The van der Waals surface area contributed by atoms with Gasteiger partial charge in [-0.25, -0.2) is 9.97 Å². The molecule has 0 amide bonds. The predicted octanol–water partition coefficient (Wildman–Crippen LogP) is 2.96. The topological polar surface area (TPSA) is 57.9 Å². The van der Waals surface area contributed by atoms with Gasteiger partial charge in [0, 0.05) is 62.6 Å². The van der Waals surface area contributed by atoms with Gasteiger partial charge in [-0.1, -0.05) is 0 Å². The van der Waals surface area contributed by atoms with Crippen LogP contribution in [0.25, 0.3) is 5.65 Å². The number of pyridine rings is 2. The molecule has 7 heteroatoms. The number of morpholine rings is 1. The summed E-state index contributed by atoms with van der Waals surface area (Å²) in [6, 6.07) is 8.93. The predicted molar refractivity (Wildman–Crippen MR) is 116 cm³/mol. The Balaban J connectivity index is 1.28. The van der Waals surface area contributed by atoms with Gasteiger partial charge in [0.25, 0.3) is 0 Å². The van der Waals surface area contributed by atoms with Crippen molar-refractivity contribution in [1.29, 1.82) is 0 Å². The number of ether oxygens (including phenoxy) is 1. The summed E-state index contributed by atoms with van der Waals surface area (Å²) in [7, 11) is 0. The van der Waals surface area contributed by atoms with Crippen LogP contribution in [0, 0.1) is 6.92 Å². The molecule has 29 heavy (non-hydrogen) atoms. The number of hydrogen-bond acceptors (Lipinski definition) is 6. The Morgan fingerprint density at radius 3 is 2.83 bits per heavy atom. The van der Waals surface area contributed by atoms with Crippen molar-refractivity contribution in [2.24, 2.45) is 0 Å². The second kappa shape index (κ2) is 7.91. The highest BCUT2D eigenvalue weighted by Gasteiger charge is 2.21. The van der Waals surface area contributed by atoms with Gasteiger partial charge in [0.15, 0.2) is 0 Å². The van der Waals surface area contributed by atoms with E-state index in [0.717, 1.165) is 63.0 Å². The van der Waals surface area contributed by atoms with Crippen LogP contribution in [0.15, 0.2) is 42.9 Å². The lowest BCUT2D eigenvalue weighted by molar-refractivity contribution is 0.122. The van der Waals surface area contributed by atoms with Crippen LogP contribution >= 0.6 is 0 Å². The van der Waals surface area contributed by atoms with E-state index in [2.05, 4.69) is 66.1 Å². The van der Waals surface area contributed by atoms with Crippen LogP contribution in [0.2, 0.25) is 0 Å². The Morgan fingerprint density at radius 1 is 1.03 bits per heavy atom. The average molecular weight is 393 g/mol. The summed E-state index contributed by atoms with van der Waals surface area (Å²) in [6.45, 7) is 7.56. The molecule has 0 saturated carbocycles. The Kier molecular flexibility index (Phi) is 4.97. The second-order valence-corrected chi connectivity index (χ2v) is 7.96. The summed E-state index contributed by atoms with van der Waals surface area (Å²) < 4.78 is 7.59. The van der Waals surface area contributed by atoms with Gasteiger partial charge in [-0.3, -0.25) is 0 Å². The van der Waals surface area contributed by atoms with E-state index in [-0.39, 0.29) is 0 Å². The monoisotopic (exact) mass is 392 g/mol. The Morgan fingerprint density at radius 2 is 1.93 bits per heavy atom. The molecule has 1 N–H and O–H groups in total. The second-order valence-electron chi connectivity index (χ2n) is 7.96. The molecule has 1 atom stereocenters. The largest absolute Gasteiger partial charge is 0.378 e. The minimum atomic E-state index is 0.386. The third kappa shape index (κ3) is 4.00. The maximum atomic E-state index is 5.47. The van der Waals surface area contributed by atoms with Gasteiger partial charge in [0.2, 0.25) is 0 Å². The molecule has 7 nitrogen and oxygen atoms in total. The summed E-state index contributed by atoms with van der Waals surface area (Å²) in [5, 5.41) is 3.67. The van der Waals surface area contributed by atoms with Gasteiger partial charge >= 0.3 is 0 Å². The van der Waals surface area contributed by atoms with Gasteiger partial charge in [0.05, 0.1) is 24.6 Å². The molecule has 152 valence electrons. The highest BCUT2D eigenvalue weighted by atomic mass is 16.5. The SMILES string of the molecule is Cc1cn2cc(N3CCC[C@@H](Nc4cc(N5CCOCC5)ccn4)C3)ccc2n1. The van der Waals surface area contributed by atoms with Gasteiger partial charge in [-0.15, -0.1) is 0 Å². The smallest absolute Gasteiger partial charge is 0.137 e. The standard InChI is InChI=1S/C22H28N6O/c1-17-14-28-16-20(4-5-22(28)24-17)27-8-2-3-18(15-27)25-21-13-19(6-7-23-21)26-9-11-29-12-10-26/h4-7,13-14,16,18H,2-3,8-12,15H2,1H3,(H,23,25)/t18-/m1/s1. The lowest BCUT2D eigenvalue weighted by Crippen LogP contribution is -2.42. The Hall–Kier alpha value is -2.80. The molecule has 2 aliphatic rings. The van der Waals surface area contributed by atoms with Crippen molar-refractivity contribution in [3.8, 4) is 0 Å².